The first-order chi connectivity index (χ1) is 13.7. The van der Waals surface area contributed by atoms with Crippen LogP contribution in [0.1, 0.15) is 48.0 Å². The fourth-order valence-corrected chi connectivity index (χ4v) is 3.67. The highest BCUT2D eigenvalue weighted by molar-refractivity contribution is 6.03. The highest BCUT2D eigenvalue weighted by atomic mass is 16.2. The first-order valence-electron chi connectivity index (χ1n) is 10.3. The Balaban J connectivity index is 1.58. The number of rotatable bonds is 6. The van der Waals surface area contributed by atoms with E-state index in [2.05, 4.69) is 10.6 Å². The standard InChI is InChI=1S/C23H29N3O2/c27-22(18-26-15-9-2-1-3-10-16-26)25-21-14-8-7-13-20(21)23(28)24-17-19-11-5-4-6-12-19/h4-8,11-14H,1-3,9-10,15-18H2,(H,24,28)(H,25,27)/p+1. The van der Waals surface area contributed by atoms with E-state index in [-0.39, 0.29) is 11.8 Å². The molecule has 0 unspecified atom stereocenters. The molecule has 1 aliphatic rings. The molecule has 2 aromatic carbocycles. The molecule has 2 amide bonds. The minimum absolute atomic E-state index is 0.0288. The summed E-state index contributed by atoms with van der Waals surface area (Å²) in [7, 11) is 0. The van der Waals surface area contributed by atoms with Gasteiger partial charge in [-0.25, -0.2) is 0 Å². The predicted molar refractivity (Wildman–Crippen MR) is 111 cm³/mol. The van der Waals surface area contributed by atoms with Gasteiger partial charge in [0.1, 0.15) is 0 Å². The molecule has 3 N–H and O–H groups in total. The molecule has 0 radical (unpaired) electrons. The Bertz CT molecular complexity index is 768. The summed E-state index contributed by atoms with van der Waals surface area (Å²) in [4.78, 5) is 26.5. The number of anilines is 1. The third-order valence-corrected chi connectivity index (χ3v) is 5.21. The molecule has 28 heavy (non-hydrogen) atoms. The van der Waals surface area contributed by atoms with Gasteiger partial charge in [0.25, 0.3) is 11.8 Å². The van der Waals surface area contributed by atoms with Crippen molar-refractivity contribution in [2.24, 2.45) is 0 Å². The molecule has 0 spiro atoms. The Labute approximate surface area is 167 Å². The number of quaternary nitrogens is 1. The van der Waals surface area contributed by atoms with Gasteiger partial charge in [0, 0.05) is 6.54 Å². The normalized spacial score (nSPS) is 15.3. The van der Waals surface area contributed by atoms with E-state index < -0.39 is 0 Å². The van der Waals surface area contributed by atoms with Gasteiger partial charge in [-0.15, -0.1) is 0 Å². The summed E-state index contributed by atoms with van der Waals surface area (Å²) in [6.07, 6.45) is 6.19. The zero-order valence-electron chi connectivity index (χ0n) is 16.4. The van der Waals surface area contributed by atoms with Gasteiger partial charge in [0.2, 0.25) is 0 Å². The second-order valence-corrected chi connectivity index (χ2v) is 7.46. The maximum Gasteiger partial charge on any atom is 0.279 e. The molecular formula is C23H30N3O2+. The molecule has 3 rings (SSSR count). The fourth-order valence-electron chi connectivity index (χ4n) is 3.67. The summed E-state index contributed by atoms with van der Waals surface area (Å²) in [5.74, 6) is -0.211. The molecule has 0 saturated carbocycles. The van der Waals surface area contributed by atoms with Crippen LogP contribution in [0.5, 0.6) is 0 Å². The molecule has 1 saturated heterocycles. The molecule has 0 atom stereocenters. The lowest BCUT2D eigenvalue weighted by atomic mass is 10.1. The number of amides is 2. The lowest BCUT2D eigenvalue weighted by Gasteiger charge is -2.21. The van der Waals surface area contributed by atoms with E-state index in [1.165, 1.54) is 37.0 Å². The number of likely N-dealkylation sites (tertiary alicyclic amines) is 1. The number of carbonyl (C=O) groups is 2. The van der Waals surface area contributed by atoms with Gasteiger partial charge in [-0.3, -0.25) is 9.59 Å². The molecule has 1 fully saturated rings. The van der Waals surface area contributed by atoms with E-state index in [0.717, 1.165) is 18.7 Å². The molecule has 0 bridgehead atoms. The van der Waals surface area contributed by atoms with E-state index in [1.807, 2.05) is 42.5 Å². The van der Waals surface area contributed by atoms with Crippen LogP contribution in [0.25, 0.3) is 0 Å². The average molecular weight is 381 g/mol. The third-order valence-electron chi connectivity index (χ3n) is 5.21. The molecule has 1 aliphatic heterocycles. The summed E-state index contributed by atoms with van der Waals surface area (Å²) >= 11 is 0. The molecule has 0 aliphatic carbocycles. The molecule has 148 valence electrons. The molecule has 5 nitrogen and oxygen atoms in total. The summed E-state index contributed by atoms with van der Waals surface area (Å²) in [6.45, 7) is 3.01. The van der Waals surface area contributed by atoms with Crippen LogP contribution in [-0.4, -0.2) is 31.4 Å². The second-order valence-electron chi connectivity index (χ2n) is 7.46. The molecule has 0 aromatic heterocycles. The Morgan fingerprint density at radius 2 is 1.46 bits per heavy atom. The summed E-state index contributed by atoms with van der Waals surface area (Å²) in [5.41, 5.74) is 2.11. The van der Waals surface area contributed by atoms with Crippen molar-refractivity contribution < 1.29 is 14.5 Å². The summed E-state index contributed by atoms with van der Waals surface area (Å²) in [5, 5.41) is 5.88. The number of carbonyl (C=O) groups excluding carboxylic acids is 2. The fraction of sp³-hybridized carbons (Fsp3) is 0.391. The molecule has 1 heterocycles. The van der Waals surface area contributed by atoms with Crippen molar-refractivity contribution in [2.45, 2.75) is 38.6 Å². The second kappa shape index (κ2) is 10.6. The van der Waals surface area contributed by atoms with Crippen molar-refractivity contribution in [3.63, 3.8) is 0 Å². The smallest absolute Gasteiger partial charge is 0.279 e. The van der Waals surface area contributed by atoms with Crippen LogP contribution in [0.2, 0.25) is 0 Å². The highest BCUT2D eigenvalue weighted by Crippen LogP contribution is 2.15. The average Bonchev–Trinajstić information content (AvgIpc) is 2.69. The van der Waals surface area contributed by atoms with Crippen molar-refractivity contribution in [1.29, 1.82) is 0 Å². The van der Waals surface area contributed by atoms with E-state index in [0.29, 0.717) is 24.3 Å². The Hall–Kier alpha value is -2.66. The van der Waals surface area contributed by atoms with Crippen LogP contribution >= 0.6 is 0 Å². The Kier molecular flexibility index (Phi) is 7.62. The van der Waals surface area contributed by atoms with Crippen molar-refractivity contribution in [3.05, 3.63) is 65.7 Å². The van der Waals surface area contributed by atoms with Crippen molar-refractivity contribution in [2.75, 3.05) is 25.0 Å². The van der Waals surface area contributed by atoms with Crippen LogP contribution in [0.15, 0.2) is 54.6 Å². The number of para-hydroxylation sites is 1. The van der Waals surface area contributed by atoms with Crippen LogP contribution < -0.4 is 15.5 Å². The monoisotopic (exact) mass is 380 g/mol. The summed E-state index contributed by atoms with van der Waals surface area (Å²) < 4.78 is 0. The number of benzene rings is 2. The largest absolute Gasteiger partial charge is 0.348 e. The lowest BCUT2D eigenvalue weighted by Crippen LogP contribution is -3.13. The number of nitrogens with one attached hydrogen (secondary N) is 3. The third kappa shape index (κ3) is 6.20. The SMILES string of the molecule is O=C(C[NH+]1CCCCCCC1)Nc1ccccc1C(=O)NCc1ccccc1. The zero-order chi connectivity index (χ0) is 19.6. The van der Waals surface area contributed by atoms with Gasteiger partial charge >= 0.3 is 0 Å². The van der Waals surface area contributed by atoms with Crippen molar-refractivity contribution in [3.8, 4) is 0 Å². The van der Waals surface area contributed by atoms with Crippen LogP contribution in [0, 0.1) is 0 Å². The quantitative estimate of drug-likeness (QED) is 0.721. The van der Waals surface area contributed by atoms with Crippen molar-refractivity contribution >= 4 is 17.5 Å². The van der Waals surface area contributed by atoms with E-state index in [1.54, 1.807) is 12.1 Å². The molecule has 5 heteroatoms. The van der Waals surface area contributed by atoms with Crippen LogP contribution in [0.4, 0.5) is 5.69 Å². The maximum absolute atomic E-state index is 12.6. The first-order valence-corrected chi connectivity index (χ1v) is 10.3. The number of hydrogen-bond acceptors (Lipinski definition) is 2. The van der Waals surface area contributed by atoms with Crippen molar-refractivity contribution in [1.82, 2.24) is 5.32 Å². The van der Waals surface area contributed by atoms with Gasteiger partial charge in [-0.1, -0.05) is 48.9 Å². The minimum atomic E-state index is -0.182. The summed E-state index contributed by atoms with van der Waals surface area (Å²) in [6, 6.07) is 17.0. The van der Waals surface area contributed by atoms with Gasteiger partial charge in [0.05, 0.1) is 24.3 Å². The zero-order valence-corrected chi connectivity index (χ0v) is 16.4. The van der Waals surface area contributed by atoms with Gasteiger partial charge in [-0.05, 0) is 43.4 Å². The van der Waals surface area contributed by atoms with Crippen LogP contribution in [-0.2, 0) is 11.3 Å². The maximum atomic E-state index is 12.6. The van der Waals surface area contributed by atoms with Gasteiger partial charge < -0.3 is 15.5 Å². The van der Waals surface area contributed by atoms with Gasteiger partial charge in [0.15, 0.2) is 6.54 Å². The predicted octanol–water partition coefficient (Wildman–Crippen LogP) is 2.40. The lowest BCUT2D eigenvalue weighted by molar-refractivity contribution is -0.892. The minimum Gasteiger partial charge on any atom is -0.348 e. The Morgan fingerprint density at radius 1 is 0.821 bits per heavy atom. The molecule has 2 aromatic rings. The van der Waals surface area contributed by atoms with Crippen LogP contribution in [0.3, 0.4) is 0 Å². The highest BCUT2D eigenvalue weighted by Gasteiger charge is 2.18. The number of hydrogen-bond donors (Lipinski definition) is 3. The molecular weight excluding hydrogens is 350 g/mol. The van der Waals surface area contributed by atoms with E-state index >= 15 is 0 Å². The topological polar surface area (TPSA) is 62.6 Å². The van der Waals surface area contributed by atoms with E-state index in [9.17, 15) is 9.59 Å². The van der Waals surface area contributed by atoms with E-state index in [4.69, 9.17) is 0 Å². The Morgan fingerprint density at radius 3 is 2.21 bits per heavy atom. The first kappa shape index (κ1) is 20.1. The van der Waals surface area contributed by atoms with Gasteiger partial charge in [-0.2, -0.15) is 0 Å².